The van der Waals surface area contributed by atoms with E-state index in [1.807, 2.05) is 30.3 Å². The number of rotatable bonds is 3. The van der Waals surface area contributed by atoms with Gasteiger partial charge in [-0.2, -0.15) is 0 Å². The van der Waals surface area contributed by atoms with E-state index in [-0.39, 0.29) is 5.97 Å². The number of nitrogens with zero attached hydrogens (tertiary/aromatic N) is 1. The normalized spacial score (nSPS) is 15.9. The lowest BCUT2D eigenvalue weighted by atomic mass is 9.86. The molecule has 2 aromatic rings. The molecule has 0 unspecified atom stereocenters. The number of imidazole rings is 1. The van der Waals surface area contributed by atoms with Gasteiger partial charge in [0.15, 0.2) is 5.69 Å². The molecule has 110 valence electrons. The molecule has 1 N–H and O–H groups in total. The summed E-state index contributed by atoms with van der Waals surface area (Å²) in [6.45, 7) is 0. The third-order valence-electron chi connectivity index (χ3n) is 4.17. The minimum Gasteiger partial charge on any atom is -0.464 e. The molecule has 0 saturated heterocycles. The van der Waals surface area contributed by atoms with E-state index in [1.54, 1.807) is 0 Å². The van der Waals surface area contributed by atoms with Crippen molar-refractivity contribution >= 4 is 5.97 Å². The van der Waals surface area contributed by atoms with Crippen LogP contribution in [0.15, 0.2) is 30.3 Å². The van der Waals surface area contributed by atoms with Crippen LogP contribution in [0.3, 0.4) is 0 Å². The van der Waals surface area contributed by atoms with Crippen molar-refractivity contribution in [2.24, 2.45) is 0 Å². The lowest BCUT2D eigenvalue weighted by Crippen LogP contribution is -2.11. The maximum Gasteiger partial charge on any atom is 0.358 e. The fourth-order valence-corrected chi connectivity index (χ4v) is 3.06. The first-order valence-electron chi connectivity index (χ1n) is 7.53. The van der Waals surface area contributed by atoms with E-state index < -0.39 is 0 Å². The van der Waals surface area contributed by atoms with Crippen molar-refractivity contribution in [2.75, 3.05) is 7.11 Å². The Hall–Kier alpha value is -2.10. The van der Waals surface area contributed by atoms with Gasteiger partial charge in [-0.05, 0) is 12.8 Å². The largest absolute Gasteiger partial charge is 0.464 e. The predicted molar refractivity (Wildman–Crippen MR) is 81.2 cm³/mol. The quantitative estimate of drug-likeness (QED) is 0.869. The molecule has 1 aromatic carbocycles. The van der Waals surface area contributed by atoms with Crippen LogP contribution in [0.1, 0.15) is 54.2 Å². The highest BCUT2D eigenvalue weighted by atomic mass is 16.5. The maximum atomic E-state index is 12.0. The maximum absolute atomic E-state index is 12.0. The van der Waals surface area contributed by atoms with Crippen molar-refractivity contribution in [2.45, 2.75) is 38.0 Å². The first-order valence-corrected chi connectivity index (χ1v) is 7.53. The van der Waals surface area contributed by atoms with Crippen LogP contribution >= 0.6 is 0 Å². The number of ether oxygens (including phenoxy) is 1. The summed E-state index contributed by atoms with van der Waals surface area (Å²) in [5.41, 5.74) is 2.38. The average molecular weight is 284 g/mol. The minimum absolute atomic E-state index is 0.353. The molecular formula is C17H20N2O2. The number of esters is 1. The zero-order chi connectivity index (χ0) is 14.7. The second-order valence-electron chi connectivity index (χ2n) is 5.54. The van der Waals surface area contributed by atoms with E-state index in [4.69, 9.17) is 4.74 Å². The number of carbonyl (C=O) groups excluding carboxylic acids is 1. The Morgan fingerprint density at radius 3 is 2.57 bits per heavy atom. The fraction of sp³-hybridized carbons (Fsp3) is 0.412. The van der Waals surface area contributed by atoms with Gasteiger partial charge in [0.2, 0.25) is 0 Å². The highest BCUT2D eigenvalue weighted by Crippen LogP contribution is 2.34. The number of methoxy groups -OCH3 is 1. The molecule has 0 radical (unpaired) electrons. The molecule has 1 saturated carbocycles. The van der Waals surface area contributed by atoms with Crippen LogP contribution in [0.2, 0.25) is 0 Å². The number of carbonyl (C=O) groups is 1. The summed E-state index contributed by atoms with van der Waals surface area (Å²) in [6.07, 6.45) is 5.93. The number of hydrogen-bond donors (Lipinski definition) is 1. The zero-order valence-electron chi connectivity index (χ0n) is 12.3. The van der Waals surface area contributed by atoms with Crippen LogP contribution in [0.25, 0.3) is 11.4 Å². The Morgan fingerprint density at radius 1 is 1.19 bits per heavy atom. The van der Waals surface area contributed by atoms with Crippen LogP contribution in [-0.2, 0) is 4.74 Å². The summed E-state index contributed by atoms with van der Waals surface area (Å²) in [5, 5.41) is 0. The third-order valence-corrected chi connectivity index (χ3v) is 4.17. The predicted octanol–water partition coefficient (Wildman–Crippen LogP) is 3.91. The summed E-state index contributed by atoms with van der Waals surface area (Å²) in [6, 6.07) is 9.89. The van der Waals surface area contributed by atoms with E-state index in [0.29, 0.717) is 11.6 Å². The fourth-order valence-electron chi connectivity index (χ4n) is 3.06. The molecule has 21 heavy (non-hydrogen) atoms. The monoisotopic (exact) mass is 284 g/mol. The Balaban J connectivity index is 2.00. The molecule has 1 fully saturated rings. The summed E-state index contributed by atoms with van der Waals surface area (Å²) in [4.78, 5) is 19.9. The van der Waals surface area contributed by atoms with Gasteiger partial charge in [0, 0.05) is 11.5 Å². The number of nitrogens with one attached hydrogen (secondary N) is 1. The summed E-state index contributed by atoms with van der Waals surface area (Å²) in [5.74, 6) is 0.781. The molecule has 3 rings (SSSR count). The van der Waals surface area contributed by atoms with Gasteiger partial charge in [-0.3, -0.25) is 0 Å². The number of aromatic nitrogens is 2. The molecular weight excluding hydrogens is 264 g/mol. The summed E-state index contributed by atoms with van der Waals surface area (Å²) >= 11 is 0. The van der Waals surface area contributed by atoms with Crippen molar-refractivity contribution in [3.05, 3.63) is 41.7 Å². The van der Waals surface area contributed by atoms with Gasteiger partial charge < -0.3 is 9.72 Å². The molecule has 1 aliphatic rings. The van der Waals surface area contributed by atoms with Crippen molar-refractivity contribution in [3.63, 3.8) is 0 Å². The third kappa shape index (κ3) is 2.84. The Labute approximate surface area is 124 Å². The number of H-pyrrole nitrogens is 1. The van der Waals surface area contributed by atoms with E-state index in [9.17, 15) is 4.79 Å². The Morgan fingerprint density at radius 2 is 1.90 bits per heavy atom. The lowest BCUT2D eigenvalue weighted by molar-refractivity contribution is 0.0592. The molecule has 4 heteroatoms. The molecule has 1 aliphatic carbocycles. The minimum atomic E-state index is -0.353. The van der Waals surface area contributed by atoms with Gasteiger partial charge in [0.25, 0.3) is 0 Å². The van der Waals surface area contributed by atoms with Crippen LogP contribution in [0.4, 0.5) is 0 Å². The molecule has 1 heterocycles. The standard InChI is InChI=1S/C17H20N2O2/c1-21-17(20)15-14(12-8-4-2-5-9-12)18-16(19-15)13-10-6-3-7-11-13/h3,6-7,10-12H,2,4-5,8-9H2,1H3,(H,18,19). The van der Waals surface area contributed by atoms with E-state index in [0.717, 1.165) is 29.9 Å². The van der Waals surface area contributed by atoms with Gasteiger partial charge in [0.1, 0.15) is 5.82 Å². The number of aromatic amines is 1. The first-order chi connectivity index (χ1) is 10.3. The van der Waals surface area contributed by atoms with Crippen LogP contribution < -0.4 is 0 Å². The molecule has 4 nitrogen and oxygen atoms in total. The van der Waals surface area contributed by atoms with E-state index in [1.165, 1.54) is 26.4 Å². The van der Waals surface area contributed by atoms with Crippen molar-refractivity contribution < 1.29 is 9.53 Å². The SMILES string of the molecule is COC(=O)c1nc(-c2ccccc2)[nH]c1C1CCCCC1. The number of hydrogen-bond acceptors (Lipinski definition) is 3. The van der Waals surface area contributed by atoms with Gasteiger partial charge in [0.05, 0.1) is 12.8 Å². The molecule has 0 spiro atoms. The second-order valence-corrected chi connectivity index (χ2v) is 5.54. The topological polar surface area (TPSA) is 55.0 Å². The first kappa shape index (κ1) is 13.9. The lowest BCUT2D eigenvalue weighted by Gasteiger charge is -2.20. The molecule has 0 amide bonds. The van der Waals surface area contributed by atoms with Crippen LogP contribution in [0, 0.1) is 0 Å². The van der Waals surface area contributed by atoms with Crippen molar-refractivity contribution in [3.8, 4) is 11.4 Å². The number of benzene rings is 1. The summed E-state index contributed by atoms with van der Waals surface area (Å²) < 4.78 is 4.90. The Bertz CT molecular complexity index is 613. The van der Waals surface area contributed by atoms with Gasteiger partial charge in [-0.15, -0.1) is 0 Å². The summed E-state index contributed by atoms with van der Waals surface area (Å²) in [7, 11) is 1.41. The Kier molecular flexibility index (Phi) is 4.04. The molecule has 0 atom stereocenters. The average Bonchev–Trinajstić information content (AvgIpc) is 3.01. The van der Waals surface area contributed by atoms with Crippen LogP contribution in [0.5, 0.6) is 0 Å². The van der Waals surface area contributed by atoms with Gasteiger partial charge in [-0.1, -0.05) is 49.6 Å². The smallest absolute Gasteiger partial charge is 0.358 e. The highest BCUT2D eigenvalue weighted by Gasteiger charge is 2.26. The van der Waals surface area contributed by atoms with Crippen LogP contribution in [-0.4, -0.2) is 23.0 Å². The molecule has 0 aliphatic heterocycles. The van der Waals surface area contributed by atoms with Crippen molar-refractivity contribution in [1.29, 1.82) is 0 Å². The van der Waals surface area contributed by atoms with E-state index >= 15 is 0 Å². The zero-order valence-corrected chi connectivity index (χ0v) is 12.3. The second kappa shape index (κ2) is 6.12. The molecule has 1 aromatic heterocycles. The van der Waals surface area contributed by atoms with Crippen molar-refractivity contribution in [1.82, 2.24) is 9.97 Å². The molecule has 0 bridgehead atoms. The van der Waals surface area contributed by atoms with Gasteiger partial charge >= 0.3 is 5.97 Å². The highest BCUT2D eigenvalue weighted by molar-refractivity contribution is 5.89. The van der Waals surface area contributed by atoms with Gasteiger partial charge in [-0.25, -0.2) is 9.78 Å². The van der Waals surface area contributed by atoms with E-state index in [2.05, 4.69) is 9.97 Å².